The molecule has 0 aliphatic carbocycles. The van der Waals surface area contributed by atoms with Crippen molar-refractivity contribution < 1.29 is 13.4 Å². The fourth-order valence-corrected chi connectivity index (χ4v) is 1.15. The summed E-state index contributed by atoms with van der Waals surface area (Å²) < 4.78 is 38.0. The van der Waals surface area contributed by atoms with Crippen LogP contribution in [0.5, 0.6) is 0 Å². The summed E-state index contributed by atoms with van der Waals surface area (Å²) in [6.07, 6.45) is 0.704. The Kier molecular flexibility index (Phi) is 2.05. The van der Waals surface area contributed by atoms with Crippen LogP contribution < -0.4 is 0 Å². The largest absolute Gasteiger partial charge is 0.120 e. The average molecular weight is 201 g/mol. The summed E-state index contributed by atoms with van der Waals surface area (Å²) in [4.78, 5) is 0. The summed E-state index contributed by atoms with van der Waals surface area (Å²) in [5.41, 5.74) is 0.188. The Morgan fingerprint density at radius 3 is 2.07 bits per heavy atom. The molecule has 0 aromatic heterocycles. The lowest BCUT2D eigenvalue weighted by Gasteiger charge is -2.14. The van der Waals surface area contributed by atoms with Gasteiger partial charge in [-0.15, -0.1) is 0 Å². The molecule has 0 bridgehead atoms. The van der Waals surface area contributed by atoms with Gasteiger partial charge >= 0.3 is 0 Å². The standard InChI is InChI=1S/C8H6F3N3/c9-12-6-8(13(10)14(12)11)7-4-2-1-3-5-7/h1-6H. The van der Waals surface area contributed by atoms with Crippen LogP contribution in [0.1, 0.15) is 5.56 Å². The van der Waals surface area contributed by atoms with Gasteiger partial charge in [0.05, 0.1) is 6.20 Å². The van der Waals surface area contributed by atoms with Gasteiger partial charge in [-0.2, -0.15) is 0 Å². The normalized spacial score (nSPS) is 17.5. The van der Waals surface area contributed by atoms with Crippen LogP contribution in [-0.4, -0.2) is 15.8 Å². The third kappa shape index (κ3) is 1.29. The van der Waals surface area contributed by atoms with Crippen molar-refractivity contribution in [2.75, 3.05) is 0 Å². The van der Waals surface area contributed by atoms with Crippen LogP contribution in [-0.2, 0) is 0 Å². The van der Waals surface area contributed by atoms with E-state index in [1.807, 2.05) is 0 Å². The Morgan fingerprint density at radius 2 is 1.57 bits per heavy atom. The fraction of sp³-hybridized carbons (Fsp3) is 0. The van der Waals surface area contributed by atoms with E-state index in [9.17, 15) is 13.4 Å². The molecule has 0 atom stereocenters. The average Bonchev–Trinajstić information content (AvgIpc) is 2.47. The van der Waals surface area contributed by atoms with Crippen molar-refractivity contribution in [3.63, 3.8) is 0 Å². The van der Waals surface area contributed by atoms with Crippen molar-refractivity contribution in [2.45, 2.75) is 0 Å². The predicted octanol–water partition coefficient (Wildman–Crippen LogP) is 2.39. The van der Waals surface area contributed by atoms with Crippen LogP contribution in [0.15, 0.2) is 36.5 Å². The molecular formula is C8H6F3N3. The summed E-state index contributed by atoms with van der Waals surface area (Å²) in [5.74, 6) is 0. The summed E-state index contributed by atoms with van der Waals surface area (Å²) in [7, 11) is 0. The van der Waals surface area contributed by atoms with E-state index in [0.717, 1.165) is 0 Å². The first kappa shape index (κ1) is 8.89. The number of benzene rings is 1. The molecule has 0 saturated carbocycles. The zero-order valence-electron chi connectivity index (χ0n) is 6.94. The summed E-state index contributed by atoms with van der Waals surface area (Å²) in [6.45, 7) is 0. The highest BCUT2D eigenvalue weighted by Crippen LogP contribution is 2.29. The molecule has 3 nitrogen and oxygen atoms in total. The van der Waals surface area contributed by atoms with Crippen molar-refractivity contribution >= 4 is 5.70 Å². The van der Waals surface area contributed by atoms with Gasteiger partial charge in [-0.05, 0) is 0 Å². The Bertz CT molecular complexity index is 354. The monoisotopic (exact) mass is 201 g/mol. The third-order valence-corrected chi connectivity index (χ3v) is 1.80. The molecule has 0 radical (unpaired) electrons. The van der Waals surface area contributed by atoms with Gasteiger partial charge in [0.2, 0.25) is 0 Å². The molecule has 0 N–H and O–H groups in total. The molecule has 14 heavy (non-hydrogen) atoms. The highest BCUT2D eigenvalue weighted by Gasteiger charge is 2.32. The molecule has 1 aliphatic heterocycles. The first-order chi connectivity index (χ1) is 6.70. The van der Waals surface area contributed by atoms with Crippen molar-refractivity contribution in [1.29, 1.82) is 0 Å². The second-order valence-electron chi connectivity index (χ2n) is 2.67. The molecule has 0 amide bonds. The Hall–Kier alpha value is -1.69. The molecule has 0 spiro atoms. The zero-order valence-corrected chi connectivity index (χ0v) is 6.94. The van der Waals surface area contributed by atoms with Crippen molar-refractivity contribution in [3.8, 4) is 0 Å². The molecule has 0 unspecified atom stereocenters. The van der Waals surface area contributed by atoms with Crippen LogP contribution in [0.25, 0.3) is 5.70 Å². The van der Waals surface area contributed by atoms with E-state index in [4.69, 9.17) is 0 Å². The number of halogens is 3. The summed E-state index contributed by atoms with van der Waals surface area (Å²) in [5, 5.41) is -1.68. The first-order valence-electron chi connectivity index (χ1n) is 3.84. The molecular weight excluding hydrogens is 195 g/mol. The SMILES string of the molecule is FN1C=C(c2ccccc2)N(F)N1F. The maximum Gasteiger partial charge on any atom is 0.120 e. The van der Waals surface area contributed by atoms with Crippen LogP contribution in [0.2, 0.25) is 0 Å². The van der Waals surface area contributed by atoms with E-state index in [1.54, 1.807) is 30.3 Å². The highest BCUT2D eigenvalue weighted by molar-refractivity contribution is 5.63. The minimum atomic E-state index is -0.775. The predicted molar refractivity (Wildman–Crippen MR) is 43.3 cm³/mol. The first-order valence-corrected chi connectivity index (χ1v) is 3.84. The van der Waals surface area contributed by atoms with E-state index >= 15 is 0 Å². The maximum atomic E-state index is 13.0. The highest BCUT2D eigenvalue weighted by atomic mass is 19.3. The van der Waals surface area contributed by atoms with E-state index in [-0.39, 0.29) is 5.70 Å². The summed E-state index contributed by atoms with van der Waals surface area (Å²) in [6, 6.07) is 8.11. The van der Waals surface area contributed by atoms with Crippen LogP contribution in [0.4, 0.5) is 13.4 Å². The minimum Gasteiger partial charge on any atom is -0.0939 e. The van der Waals surface area contributed by atoms with Crippen molar-refractivity contribution in [2.24, 2.45) is 0 Å². The number of rotatable bonds is 1. The van der Waals surface area contributed by atoms with Crippen LogP contribution >= 0.6 is 0 Å². The number of hydrogen-bond donors (Lipinski definition) is 0. The van der Waals surface area contributed by atoms with E-state index in [2.05, 4.69) is 0 Å². The van der Waals surface area contributed by atoms with Gasteiger partial charge in [-0.25, -0.2) is 0 Å². The molecule has 0 saturated heterocycles. The Labute approximate surface area is 78.0 Å². The number of hydrogen-bond acceptors (Lipinski definition) is 3. The minimum absolute atomic E-state index is 0.199. The second kappa shape index (κ2) is 3.22. The Balaban J connectivity index is 2.33. The van der Waals surface area contributed by atoms with E-state index in [1.165, 1.54) is 0 Å². The number of hydrazine groups is 2. The van der Waals surface area contributed by atoms with Gasteiger partial charge in [-0.3, -0.25) is 0 Å². The van der Waals surface area contributed by atoms with Gasteiger partial charge in [0.15, 0.2) is 0 Å². The lowest BCUT2D eigenvalue weighted by Crippen LogP contribution is -2.29. The molecule has 2 rings (SSSR count). The molecule has 74 valence electrons. The lowest BCUT2D eigenvalue weighted by molar-refractivity contribution is -0.362. The third-order valence-electron chi connectivity index (χ3n) is 1.80. The number of nitrogens with zero attached hydrogens (tertiary/aromatic N) is 3. The van der Waals surface area contributed by atoms with Gasteiger partial charge < -0.3 is 0 Å². The van der Waals surface area contributed by atoms with Gasteiger partial charge in [0.25, 0.3) is 0 Å². The fourth-order valence-electron chi connectivity index (χ4n) is 1.15. The topological polar surface area (TPSA) is 9.72 Å². The second-order valence-corrected chi connectivity index (χ2v) is 2.67. The van der Waals surface area contributed by atoms with Gasteiger partial charge in [0, 0.05) is 5.56 Å². The van der Waals surface area contributed by atoms with Crippen molar-refractivity contribution in [3.05, 3.63) is 42.1 Å². The Morgan fingerprint density at radius 1 is 0.929 bits per heavy atom. The molecule has 1 aromatic rings. The molecule has 1 aromatic carbocycles. The van der Waals surface area contributed by atoms with Crippen LogP contribution in [0.3, 0.4) is 0 Å². The zero-order chi connectivity index (χ0) is 10.1. The van der Waals surface area contributed by atoms with Crippen LogP contribution in [0, 0.1) is 0 Å². The lowest BCUT2D eigenvalue weighted by atomic mass is 10.2. The molecule has 1 aliphatic rings. The van der Waals surface area contributed by atoms with Gasteiger partial charge in [0.1, 0.15) is 11.0 Å². The molecule has 1 heterocycles. The smallest absolute Gasteiger partial charge is 0.0939 e. The van der Waals surface area contributed by atoms with Gasteiger partial charge in [-0.1, -0.05) is 54.2 Å². The molecule has 0 fully saturated rings. The van der Waals surface area contributed by atoms with E-state index in [0.29, 0.717) is 11.8 Å². The molecule has 6 heteroatoms. The quantitative estimate of drug-likeness (QED) is 0.646. The maximum absolute atomic E-state index is 13.0. The van der Waals surface area contributed by atoms with Crippen molar-refractivity contribution in [1.82, 2.24) is 15.8 Å². The van der Waals surface area contributed by atoms with E-state index < -0.39 is 15.8 Å². The summed E-state index contributed by atoms with van der Waals surface area (Å²) >= 11 is 0.